The van der Waals surface area contributed by atoms with Crippen molar-refractivity contribution in [2.75, 3.05) is 24.6 Å². The van der Waals surface area contributed by atoms with Crippen LogP contribution in [0.5, 0.6) is 0 Å². The second-order valence-corrected chi connectivity index (χ2v) is 5.99. The first kappa shape index (κ1) is 15.8. The second kappa shape index (κ2) is 6.56. The van der Waals surface area contributed by atoms with Crippen LogP contribution in [0.2, 0.25) is 5.02 Å². The lowest BCUT2D eigenvalue weighted by molar-refractivity contribution is -0.384. The molecular weight excluding hydrogens is 316 g/mol. The molecular formula is C17H17ClN2O3. The predicted octanol–water partition coefficient (Wildman–Crippen LogP) is 4.13. The van der Waals surface area contributed by atoms with Gasteiger partial charge >= 0.3 is 0 Å². The van der Waals surface area contributed by atoms with Gasteiger partial charge in [-0.1, -0.05) is 35.9 Å². The van der Waals surface area contributed by atoms with Crippen molar-refractivity contribution in [3.8, 4) is 0 Å². The Hall–Kier alpha value is -2.11. The normalized spacial score (nSPS) is 18.0. The fourth-order valence-electron chi connectivity index (χ4n) is 2.91. The molecule has 6 heteroatoms. The summed E-state index contributed by atoms with van der Waals surface area (Å²) in [4.78, 5) is 12.9. The lowest BCUT2D eigenvalue weighted by atomic mass is 10.0. The van der Waals surface area contributed by atoms with Crippen LogP contribution in [0.1, 0.15) is 17.2 Å². The molecule has 0 aromatic heterocycles. The average molecular weight is 333 g/mol. The third-order valence-electron chi connectivity index (χ3n) is 4.08. The highest BCUT2D eigenvalue weighted by Crippen LogP contribution is 2.34. The van der Waals surface area contributed by atoms with Crippen molar-refractivity contribution in [3.63, 3.8) is 0 Å². The molecule has 23 heavy (non-hydrogen) atoms. The molecule has 0 aliphatic carbocycles. The van der Waals surface area contributed by atoms with Gasteiger partial charge in [-0.05, 0) is 30.2 Å². The van der Waals surface area contributed by atoms with Gasteiger partial charge in [0.05, 0.1) is 11.5 Å². The van der Waals surface area contributed by atoms with Crippen molar-refractivity contribution >= 4 is 23.0 Å². The molecule has 3 rings (SSSR count). The molecule has 120 valence electrons. The Labute approximate surface area is 139 Å². The Kier molecular flexibility index (Phi) is 4.50. The number of morpholine rings is 1. The van der Waals surface area contributed by atoms with Crippen molar-refractivity contribution < 1.29 is 9.66 Å². The number of anilines is 1. The van der Waals surface area contributed by atoms with Gasteiger partial charge in [-0.3, -0.25) is 10.1 Å². The molecule has 1 aliphatic heterocycles. The fraction of sp³-hybridized carbons (Fsp3) is 0.294. The molecule has 0 spiro atoms. The maximum Gasteiger partial charge on any atom is 0.294 e. The van der Waals surface area contributed by atoms with Gasteiger partial charge < -0.3 is 9.64 Å². The molecule has 0 saturated carbocycles. The molecule has 0 radical (unpaired) electrons. The van der Waals surface area contributed by atoms with Crippen molar-refractivity contribution in [1.82, 2.24) is 0 Å². The standard InChI is InChI=1S/C17H17ClN2O3/c1-12-4-2-3-5-14(12)17-11-19(8-9-23-17)15-7-6-13(18)10-16(15)20(21)22/h2-7,10,17H,8-9,11H2,1H3. The molecule has 1 aliphatic rings. The van der Waals surface area contributed by atoms with E-state index in [1.807, 2.05) is 36.1 Å². The zero-order valence-corrected chi connectivity index (χ0v) is 13.5. The molecule has 0 bridgehead atoms. The molecule has 1 fully saturated rings. The van der Waals surface area contributed by atoms with Crippen molar-refractivity contribution in [3.05, 3.63) is 68.7 Å². The monoisotopic (exact) mass is 332 g/mol. The number of hydrogen-bond donors (Lipinski definition) is 0. The van der Waals surface area contributed by atoms with Crippen LogP contribution in [0.15, 0.2) is 42.5 Å². The van der Waals surface area contributed by atoms with Gasteiger partial charge in [-0.2, -0.15) is 0 Å². The van der Waals surface area contributed by atoms with Crippen LogP contribution in [0.4, 0.5) is 11.4 Å². The van der Waals surface area contributed by atoms with E-state index < -0.39 is 0 Å². The Morgan fingerprint density at radius 2 is 2.09 bits per heavy atom. The van der Waals surface area contributed by atoms with Crippen molar-refractivity contribution in [2.45, 2.75) is 13.0 Å². The van der Waals surface area contributed by atoms with Gasteiger partial charge in [0.15, 0.2) is 0 Å². The molecule has 1 saturated heterocycles. The van der Waals surface area contributed by atoms with Crippen LogP contribution >= 0.6 is 11.6 Å². The lowest BCUT2D eigenvalue weighted by Gasteiger charge is -2.35. The molecule has 0 amide bonds. The van der Waals surface area contributed by atoms with E-state index in [1.165, 1.54) is 6.07 Å². The lowest BCUT2D eigenvalue weighted by Crippen LogP contribution is -2.38. The minimum absolute atomic E-state index is 0.0305. The van der Waals surface area contributed by atoms with Crippen LogP contribution in [0.3, 0.4) is 0 Å². The number of nitro groups is 1. The number of hydrogen-bond acceptors (Lipinski definition) is 4. The van der Waals surface area contributed by atoms with Gasteiger partial charge in [0.2, 0.25) is 0 Å². The number of nitrogens with zero attached hydrogens (tertiary/aromatic N) is 2. The Morgan fingerprint density at radius 3 is 2.83 bits per heavy atom. The molecule has 5 nitrogen and oxygen atoms in total. The summed E-state index contributed by atoms with van der Waals surface area (Å²) >= 11 is 5.90. The van der Waals surface area contributed by atoms with E-state index in [9.17, 15) is 10.1 Å². The second-order valence-electron chi connectivity index (χ2n) is 5.55. The molecule has 2 aromatic carbocycles. The van der Waals surface area contributed by atoms with Crippen LogP contribution in [0, 0.1) is 17.0 Å². The fourth-order valence-corrected chi connectivity index (χ4v) is 3.08. The number of nitro benzene ring substituents is 1. The van der Waals surface area contributed by atoms with Crippen LogP contribution in [-0.2, 0) is 4.74 Å². The summed E-state index contributed by atoms with van der Waals surface area (Å²) < 4.78 is 5.88. The maximum absolute atomic E-state index is 11.3. The largest absolute Gasteiger partial charge is 0.370 e. The van der Waals surface area contributed by atoms with Gasteiger partial charge in [-0.25, -0.2) is 0 Å². The minimum Gasteiger partial charge on any atom is -0.370 e. The zero-order chi connectivity index (χ0) is 16.4. The van der Waals surface area contributed by atoms with E-state index in [2.05, 4.69) is 0 Å². The Balaban J connectivity index is 1.90. The van der Waals surface area contributed by atoms with Crippen LogP contribution in [0.25, 0.3) is 0 Å². The summed E-state index contributed by atoms with van der Waals surface area (Å²) in [7, 11) is 0. The Morgan fingerprint density at radius 1 is 1.30 bits per heavy atom. The maximum atomic E-state index is 11.3. The first-order chi connectivity index (χ1) is 11.1. The summed E-state index contributed by atoms with van der Waals surface area (Å²) in [5, 5.41) is 11.7. The summed E-state index contributed by atoms with van der Waals surface area (Å²) in [5.41, 5.74) is 2.89. The van der Waals surface area contributed by atoms with Gasteiger partial charge in [0.25, 0.3) is 5.69 Å². The SMILES string of the molecule is Cc1ccccc1C1CN(c2ccc(Cl)cc2[N+](=O)[O-])CCO1. The number of halogens is 1. The first-order valence-electron chi connectivity index (χ1n) is 7.42. The van der Waals surface area contributed by atoms with E-state index in [0.717, 1.165) is 11.1 Å². The highest BCUT2D eigenvalue weighted by molar-refractivity contribution is 6.30. The van der Waals surface area contributed by atoms with E-state index >= 15 is 0 Å². The molecule has 2 aromatic rings. The molecule has 1 heterocycles. The summed E-state index contributed by atoms with van der Waals surface area (Å²) in [6.45, 7) is 3.76. The highest BCUT2D eigenvalue weighted by atomic mass is 35.5. The number of benzene rings is 2. The van der Waals surface area contributed by atoms with Crippen molar-refractivity contribution in [2.24, 2.45) is 0 Å². The first-order valence-corrected chi connectivity index (χ1v) is 7.80. The number of rotatable bonds is 3. The predicted molar refractivity (Wildman–Crippen MR) is 90.2 cm³/mol. The average Bonchev–Trinajstić information content (AvgIpc) is 2.55. The minimum atomic E-state index is -0.389. The van der Waals surface area contributed by atoms with Gasteiger partial charge in [0, 0.05) is 24.2 Å². The van der Waals surface area contributed by atoms with Crippen LogP contribution < -0.4 is 4.90 Å². The third kappa shape index (κ3) is 3.30. The van der Waals surface area contributed by atoms with E-state index in [-0.39, 0.29) is 16.7 Å². The van der Waals surface area contributed by atoms with E-state index in [1.54, 1.807) is 12.1 Å². The van der Waals surface area contributed by atoms with Gasteiger partial charge in [0.1, 0.15) is 11.8 Å². The molecule has 0 N–H and O–H groups in total. The summed E-state index contributed by atoms with van der Waals surface area (Å²) in [6, 6.07) is 12.8. The van der Waals surface area contributed by atoms with Crippen molar-refractivity contribution in [1.29, 1.82) is 0 Å². The van der Waals surface area contributed by atoms with Gasteiger partial charge in [-0.15, -0.1) is 0 Å². The third-order valence-corrected chi connectivity index (χ3v) is 4.31. The summed E-state index contributed by atoms with van der Waals surface area (Å²) in [5.74, 6) is 0. The number of ether oxygens (including phenoxy) is 1. The molecule has 1 atom stereocenters. The highest BCUT2D eigenvalue weighted by Gasteiger charge is 2.27. The van der Waals surface area contributed by atoms with E-state index in [0.29, 0.717) is 30.4 Å². The van der Waals surface area contributed by atoms with Crippen LogP contribution in [-0.4, -0.2) is 24.6 Å². The number of aryl methyl sites for hydroxylation is 1. The topological polar surface area (TPSA) is 55.6 Å². The molecule has 1 unspecified atom stereocenters. The smallest absolute Gasteiger partial charge is 0.294 e. The zero-order valence-electron chi connectivity index (χ0n) is 12.7. The van der Waals surface area contributed by atoms with E-state index in [4.69, 9.17) is 16.3 Å². The quantitative estimate of drug-likeness (QED) is 0.626. The Bertz CT molecular complexity index is 736. The summed E-state index contributed by atoms with van der Waals surface area (Å²) in [6.07, 6.45) is -0.0970.